The van der Waals surface area contributed by atoms with E-state index in [0.29, 0.717) is 0 Å². The molecule has 1 aliphatic rings. The van der Waals surface area contributed by atoms with Gasteiger partial charge in [0.05, 0.1) is 11.5 Å². The number of hydrogen-bond acceptors (Lipinski definition) is 4. The normalized spacial score (nSPS) is 23.4. The van der Waals surface area contributed by atoms with Crippen LogP contribution < -0.4 is 0 Å². The van der Waals surface area contributed by atoms with E-state index in [2.05, 4.69) is 0 Å². The Bertz CT molecular complexity index is 581. The van der Waals surface area contributed by atoms with Crippen molar-refractivity contribution in [2.24, 2.45) is 0 Å². The molecule has 0 radical (unpaired) electrons. The molecular formula is C12H15NO5S. The van der Waals surface area contributed by atoms with E-state index in [-0.39, 0.29) is 11.5 Å². The second kappa shape index (κ2) is 4.59. The average Bonchev–Trinajstić information content (AvgIpc) is 2.67. The Labute approximate surface area is 111 Å². The molecule has 1 aromatic carbocycles. The molecule has 1 aromatic rings. The fourth-order valence-electron chi connectivity index (χ4n) is 2.12. The molecule has 2 rings (SSSR count). The Morgan fingerprint density at radius 2 is 1.95 bits per heavy atom. The largest absolute Gasteiger partial charge is 0.480 e. The lowest BCUT2D eigenvalue weighted by Crippen LogP contribution is -2.50. The molecule has 0 unspecified atom stereocenters. The second-order valence-electron chi connectivity index (χ2n) is 4.73. The van der Waals surface area contributed by atoms with Crippen LogP contribution in [0.2, 0.25) is 0 Å². The zero-order chi connectivity index (χ0) is 14.3. The predicted molar refractivity (Wildman–Crippen MR) is 66.9 cm³/mol. The molecule has 1 heterocycles. The molecule has 0 aliphatic carbocycles. The third kappa shape index (κ3) is 2.36. The van der Waals surface area contributed by atoms with Gasteiger partial charge in [0, 0.05) is 0 Å². The van der Waals surface area contributed by atoms with Crippen molar-refractivity contribution in [3.05, 3.63) is 30.3 Å². The molecular weight excluding hydrogens is 270 g/mol. The van der Waals surface area contributed by atoms with Gasteiger partial charge in [-0.05, 0) is 26.0 Å². The summed E-state index contributed by atoms with van der Waals surface area (Å²) in [5, 5.41) is 9.14. The number of sulfonamides is 1. The van der Waals surface area contributed by atoms with Gasteiger partial charge in [-0.2, -0.15) is 4.31 Å². The summed E-state index contributed by atoms with van der Waals surface area (Å²) in [6.07, 6.45) is 0. The van der Waals surface area contributed by atoms with Gasteiger partial charge >= 0.3 is 5.97 Å². The van der Waals surface area contributed by atoms with Gasteiger partial charge in [-0.25, -0.2) is 8.42 Å². The van der Waals surface area contributed by atoms with Gasteiger partial charge < -0.3 is 9.84 Å². The van der Waals surface area contributed by atoms with Crippen molar-refractivity contribution >= 4 is 16.0 Å². The quantitative estimate of drug-likeness (QED) is 0.892. The summed E-state index contributed by atoms with van der Waals surface area (Å²) >= 11 is 0. The molecule has 6 nitrogen and oxygen atoms in total. The maximum Gasteiger partial charge on any atom is 0.324 e. The summed E-state index contributed by atoms with van der Waals surface area (Å²) < 4.78 is 31.3. The highest BCUT2D eigenvalue weighted by Crippen LogP contribution is 2.33. The molecule has 104 valence electrons. The van der Waals surface area contributed by atoms with E-state index in [4.69, 9.17) is 9.84 Å². The van der Waals surface area contributed by atoms with Crippen LogP contribution in [-0.4, -0.2) is 42.2 Å². The first kappa shape index (κ1) is 14.0. The minimum absolute atomic E-state index is 0.0554. The van der Waals surface area contributed by atoms with Crippen LogP contribution in [0.4, 0.5) is 0 Å². The number of carboxylic acid groups (broad SMARTS) is 1. The molecule has 1 fully saturated rings. The fraction of sp³-hybridized carbons (Fsp3) is 0.417. The van der Waals surface area contributed by atoms with Gasteiger partial charge in [0.1, 0.15) is 11.8 Å². The predicted octanol–water partition coefficient (Wildman–Crippen LogP) is 0.897. The van der Waals surface area contributed by atoms with Crippen molar-refractivity contribution in [1.82, 2.24) is 4.31 Å². The Morgan fingerprint density at radius 3 is 2.47 bits per heavy atom. The highest BCUT2D eigenvalue weighted by molar-refractivity contribution is 7.89. The van der Waals surface area contributed by atoms with Crippen LogP contribution in [0.15, 0.2) is 35.2 Å². The number of carbonyl (C=O) groups is 1. The van der Waals surface area contributed by atoms with Gasteiger partial charge in [0.2, 0.25) is 10.0 Å². The minimum atomic E-state index is -3.91. The molecule has 7 heteroatoms. The summed E-state index contributed by atoms with van der Waals surface area (Å²) in [4.78, 5) is 11.2. The molecule has 0 spiro atoms. The van der Waals surface area contributed by atoms with Crippen LogP contribution in [0.3, 0.4) is 0 Å². The molecule has 1 saturated heterocycles. The highest BCUT2D eigenvalue weighted by Gasteiger charge is 2.51. The monoisotopic (exact) mass is 285 g/mol. The summed E-state index contributed by atoms with van der Waals surface area (Å²) in [5.74, 6) is -1.22. The number of benzene rings is 1. The van der Waals surface area contributed by atoms with Crippen molar-refractivity contribution in [3.63, 3.8) is 0 Å². The van der Waals surface area contributed by atoms with Crippen LogP contribution in [0.5, 0.6) is 0 Å². The lowest BCUT2D eigenvalue weighted by atomic mass is 10.3. The smallest absolute Gasteiger partial charge is 0.324 e. The lowest BCUT2D eigenvalue weighted by molar-refractivity contribution is -0.140. The van der Waals surface area contributed by atoms with E-state index in [1.807, 2.05) is 0 Å². The number of rotatable bonds is 3. The summed E-state index contributed by atoms with van der Waals surface area (Å²) in [6, 6.07) is 6.53. The second-order valence-corrected chi connectivity index (χ2v) is 6.54. The number of ether oxygens (including phenoxy) is 1. The highest BCUT2D eigenvalue weighted by atomic mass is 32.2. The maximum absolute atomic E-state index is 12.5. The van der Waals surface area contributed by atoms with Gasteiger partial charge in [0.15, 0.2) is 0 Å². The Kier molecular flexibility index (Phi) is 3.38. The number of nitrogens with zero attached hydrogens (tertiary/aromatic N) is 1. The fourth-order valence-corrected chi connectivity index (χ4v) is 3.97. The molecule has 1 atom stereocenters. The molecule has 0 saturated carbocycles. The first-order valence-corrected chi connectivity index (χ1v) is 7.17. The number of hydrogen-bond donors (Lipinski definition) is 1. The van der Waals surface area contributed by atoms with Crippen molar-refractivity contribution in [2.45, 2.75) is 30.5 Å². The van der Waals surface area contributed by atoms with Crippen molar-refractivity contribution in [2.75, 3.05) is 6.61 Å². The number of carboxylic acids is 1. The zero-order valence-electron chi connectivity index (χ0n) is 10.6. The summed E-state index contributed by atoms with van der Waals surface area (Å²) in [6.45, 7) is 2.92. The van der Waals surface area contributed by atoms with Crippen LogP contribution in [0.1, 0.15) is 13.8 Å². The van der Waals surface area contributed by atoms with Gasteiger partial charge in [-0.15, -0.1) is 0 Å². The van der Waals surface area contributed by atoms with Crippen LogP contribution in [0, 0.1) is 0 Å². The van der Waals surface area contributed by atoms with E-state index in [0.717, 1.165) is 4.31 Å². The number of aliphatic carboxylic acids is 1. The Morgan fingerprint density at radius 1 is 1.37 bits per heavy atom. The summed E-state index contributed by atoms with van der Waals surface area (Å²) in [5.41, 5.74) is -1.18. The third-order valence-electron chi connectivity index (χ3n) is 2.99. The van der Waals surface area contributed by atoms with Gasteiger partial charge in [-0.3, -0.25) is 4.79 Å². The van der Waals surface area contributed by atoms with E-state index in [9.17, 15) is 13.2 Å². The molecule has 1 aliphatic heterocycles. The van der Waals surface area contributed by atoms with Crippen molar-refractivity contribution in [3.8, 4) is 0 Å². The van der Waals surface area contributed by atoms with E-state index >= 15 is 0 Å². The van der Waals surface area contributed by atoms with Crippen LogP contribution in [0.25, 0.3) is 0 Å². The molecule has 1 N–H and O–H groups in total. The first-order valence-electron chi connectivity index (χ1n) is 5.73. The molecule has 0 bridgehead atoms. The topological polar surface area (TPSA) is 83.9 Å². The SMILES string of the molecule is CC1(C)OC[C@@H](C(=O)O)N1S(=O)(=O)c1ccccc1. The maximum atomic E-state index is 12.5. The van der Waals surface area contributed by atoms with Crippen molar-refractivity contribution in [1.29, 1.82) is 0 Å². The average molecular weight is 285 g/mol. The molecule has 0 amide bonds. The zero-order valence-corrected chi connectivity index (χ0v) is 11.4. The molecule has 0 aromatic heterocycles. The summed E-state index contributed by atoms with van der Waals surface area (Å²) in [7, 11) is -3.91. The molecule has 19 heavy (non-hydrogen) atoms. The lowest BCUT2D eigenvalue weighted by Gasteiger charge is -2.30. The van der Waals surface area contributed by atoms with Gasteiger partial charge in [-0.1, -0.05) is 18.2 Å². The third-order valence-corrected chi connectivity index (χ3v) is 5.07. The Balaban J connectivity index is 2.51. The van der Waals surface area contributed by atoms with Gasteiger partial charge in [0.25, 0.3) is 0 Å². The van der Waals surface area contributed by atoms with Crippen LogP contribution >= 0.6 is 0 Å². The minimum Gasteiger partial charge on any atom is -0.480 e. The Hall–Kier alpha value is -1.44. The van der Waals surface area contributed by atoms with E-state index in [1.54, 1.807) is 18.2 Å². The first-order chi connectivity index (χ1) is 8.77. The van der Waals surface area contributed by atoms with E-state index in [1.165, 1.54) is 26.0 Å². The van der Waals surface area contributed by atoms with Crippen molar-refractivity contribution < 1.29 is 23.1 Å². The standard InChI is InChI=1S/C12H15NO5S/c1-12(2)13(10(8-18-12)11(14)15)19(16,17)9-6-4-3-5-7-9/h3-7,10H,8H2,1-2H3,(H,14,15)/t10-/m0/s1. The van der Waals surface area contributed by atoms with Crippen LogP contribution in [-0.2, 0) is 19.6 Å². The van der Waals surface area contributed by atoms with E-state index < -0.39 is 27.8 Å².